The van der Waals surface area contributed by atoms with Crippen LogP contribution in [0.3, 0.4) is 0 Å². The number of carbonyl (C=O) groups is 1. The number of benzene rings is 1. The third-order valence-electron chi connectivity index (χ3n) is 1.55. The third kappa shape index (κ3) is 3.11. The molecule has 0 aliphatic rings. The highest BCUT2D eigenvalue weighted by Gasteiger charge is 2.09. The predicted molar refractivity (Wildman–Crippen MR) is 54.5 cm³/mol. The summed E-state index contributed by atoms with van der Waals surface area (Å²) in [7, 11) is -3.91. The molecule has 82 valence electrons. The van der Waals surface area contributed by atoms with E-state index in [0.29, 0.717) is 0 Å². The summed E-state index contributed by atoms with van der Waals surface area (Å²) in [6.07, 6.45) is 0. The second-order valence-corrected chi connectivity index (χ2v) is 4.05. The van der Waals surface area contributed by atoms with Gasteiger partial charge in [0.15, 0.2) is 0 Å². The van der Waals surface area contributed by atoms with Gasteiger partial charge in [-0.05, 0) is 18.2 Å². The zero-order chi connectivity index (χ0) is 11.6. The molecule has 0 fully saturated rings. The van der Waals surface area contributed by atoms with Gasteiger partial charge in [-0.15, -0.1) is 0 Å². The van der Waals surface area contributed by atoms with E-state index in [0.717, 1.165) is 6.07 Å². The molecule has 0 spiro atoms. The molecule has 1 aromatic carbocycles. The van der Waals surface area contributed by atoms with Crippen molar-refractivity contribution in [1.29, 1.82) is 0 Å². The number of nitrogens with two attached hydrogens (primary N) is 2. The minimum absolute atomic E-state index is 0.0103. The Morgan fingerprint density at radius 2 is 2.00 bits per heavy atom. The van der Waals surface area contributed by atoms with Crippen LogP contribution in [0.1, 0.15) is 10.4 Å². The monoisotopic (exact) mass is 231 g/mol. The van der Waals surface area contributed by atoms with Crippen LogP contribution in [0.15, 0.2) is 18.2 Å². The standard InChI is InChI=1S/C7H9N3O4S/c8-5-3-4(7(11)12)1-2-6(5)10-15(9,13)14/h1-3,10H,8H2,(H,11,12)(H2,9,13,14). The number of nitrogen functional groups attached to an aromatic ring is 1. The SMILES string of the molecule is Nc1cc(C(=O)O)ccc1NS(N)(=O)=O. The van der Waals surface area contributed by atoms with E-state index >= 15 is 0 Å². The summed E-state index contributed by atoms with van der Waals surface area (Å²) >= 11 is 0. The number of rotatable bonds is 3. The smallest absolute Gasteiger partial charge is 0.335 e. The molecule has 8 heteroatoms. The van der Waals surface area contributed by atoms with Gasteiger partial charge < -0.3 is 10.8 Å². The van der Waals surface area contributed by atoms with Gasteiger partial charge in [0.25, 0.3) is 10.2 Å². The van der Waals surface area contributed by atoms with E-state index in [9.17, 15) is 13.2 Å². The van der Waals surface area contributed by atoms with E-state index in [2.05, 4.69) is 0 Å². The van der Waals surface area contributed by atoms with Gasteiger partial charge >= 0.3 is 5.97 Å². The summed E-state index contributed by atoms with van der Waals surface area (Å²) in [5.74, 6) is -1.15. The van der Waals surface area contributed by atoms with Crippen LogP contribution in [0, 0.1) is 0 Å². The first-order valence-electron chi connectivity index (χ1n) is 3.73. The van der Waals surface area contributed by atoms with E-state index < -0.39 is 16.2 Å². The Kier molecular flexibility index (Phi) is 2.82. The maximum Gasteiger partial charge on any atom is 0.335 e. The van der Waals surface area contributed by atoms with E-state index in [1.54, 1.807) is 0 Å². The van der Waals surface area contributed by atoms with Gasteiger partial charge in [-0.1, -0.05) is 0 Å². The number of hydrogen-bond donors (Lipinski definition) is 4. The topological polar surface area (TPSA) is 136 Å². The molecular formula is C7H9N3O4S. The van der Waals surface area contributed by atoms with Crippen LogP contribution in [0.2, 0.25) is 0 Å². The highest BCUT2D eigenvalue weighted by Crippen LogP contribution is 2.20. The van der Waals surface area contributed by atoms with E-state index in [-0.39, 0.29) is 16.9 Å². The van der Waals surface area contributed by atoms with Gasteiger partial charge in [-0.25, -0.2) is 9.93 Å². The first-order valence-corrected chi connectivity index (χ1v) is 5.27. The molecule has 7 nitrogen and oxygen atoms in total. The molecule has 0 heterocycles. The van der Waals surface area contributed by atoms with Gasteiger partial charge in [0.05, 0.1) is 16.9 Å². The van der Waals surface area contributed by atoms with Gasteiger partial charge in [-0.3, -0.25) is 4.72 Å². The van der Waals surface area contributed by atoms with Crippen molar-refractivity contribution >= 4 is 27.6 Å². The summed E-state index contributed by atoms with van der Waals surface area (Å²) in [4.78, 5) is 10.5. The molecule has 0 radical (unpaired) electrons. The average Bonchev–Trinajstić information content (AvgIpc) is 2.05. The molecule has 0 aliphatic heterocycles. The van der Waals surface area contributed by atoms with Crippen molar-refractivity contribution < 1.29 is 18.3 Å². The molecule has 0 bridgehead atoms. The Bertz CT molecular complexity index is 497. The molecule has 0 atom stereocenters. The molecular weight excluding hydrogens is 222 g/mol. The quantitative estimate of drug-likeness (QED) is 0.524. The lowest BCUT2D eigenvalue weighted by Gasteiger charge is -2.07. The molecule has 0 aliphatic carbocycles. The summed E-state index contributed by atoms with van der Waals surface area (Å²) in [5.41, 5.74) is 5.42. The summed E-state index contributed by atoms with van der Waals surface area (Å²) in [5, 5.41) is 13.3. The Morgan fingerprint density at radius 1 is 1.40 bits per heavy atom. The molecule has 0 unspecified atom stereocenters. The van der Waals surface area contributed by atoms with E-state index in [4.69, 9.17) is 16.0 Å². The minimum Gasteiger partial charge on any atom is -0.478 e. The number of carboxylic acids is 1. The van der Waals surface area contributed by atoms with Crippen molar-refractivity contribution in [3.63, 3.8) is 0 Å². The van der Waals surface area contributed by atoms with Crippen molar-refractivity contribution in [2.75, 3.05) is 10.5 Å². The molecule has 1 aromatic rings. The summed E-state index contributed by atoms with van der Waals surface area (Å²) in [6.45, 7) is 0. The lowest BCUT2D eigenvalue weighted by Crippen LogP contribution is -2.22. The van der Waals surface area contributed by atoms with Crippen LogP contribution in [0.5, 0.6) is 0 Å². The zero-order valence-corrected chi connectivity index (χ0v) is 8.28. The highest BCUT2D eigenvalue weighted by atomic mass is 32.2. The molecule has 0 aromatic heterocycles. The fourth-order valence-corrected chi connectivity index (χ4v) is 1.43. The predicted octanol–water partition coefficient (Wildman–Crippen LogP) is -0.418. The number of nitrogens with one attached hydrogen (secondary N) is 1. The van der Waals surface area contributed by atoms with Gasteiger partial charge in [-0.2, -0.15) is 8.42 Å². The van der Waals surface area contributed by atoms with Gasteiger partial charge in [0.2, 0.25) is 0 Å². The number of carboxylic acid groups (broad SMARTS) is 1. The number of aromatic carboxylic acids is 1. The Labute approximate surface area is 85.9 Å². The average molecular weight is 231 g/mol. The highest BCUT2D eigenvalue weighted by molar-refractivity contribution is 7.90. The van der Waals surface area contributed by atoms with Crippen molar-refractivity contribution in [3.05, 3.63) is 23.8 Å². The van der Waals surface area contributed by atoms with Crippen LogP contribution in [-0.4, -0.2) is 19.5 Å². The summed E-state index contributed by atoms with van der Waals surface area (Å²) < 4.78 is 23.3. The van der Waals surface area contributed by atoms with Crippen molar-refractivity contribution in [3.8, 4) is 0 Å². The van der Waals surface area contributed by atoms with Gasteiger partial charge in [0, 0.05) is 0 Å². The normalized spacial score (nSPS) is 11.0. The molecule has 15 heavy (non-hydrogen) atoms. The summed E-state index contributed by atoms with van der Waals surface area (Å²) in [6, 6.07) is 3.57. The van der Waals surface area contributed by atoms with Crippen molar-refractivity contribution in [2.24, 2.45) is 5.14 Å². The Morgan fingerprint density at radius 3 is 2.40 bits per heavy atom. The number of hydrogen-bond acceptors (Lipinski definition) is 4. The number of anilines is 2. The lowest BCUT2D eigenvalue weighted by molar-refractivity contribution is 0.0697. The fraction of sp³-hybridized carbons (Fsp3) is 0. The largest absolute Gasteiger partial charge is 0.478 e. The second-order valence-electron chi connectivity index (χ2n) is 2.75. The van der Waals surface area contributed by atoms with E-state index in [1.165, 1.54) is 12.1 Å². The lowest BCUT2D eigenvalue weighted by atomic mass is 10.2. The van der Waals surface area contributed by atoms with Crippen LogP contribution in [-0.2, 0) is 10.2 Å². The maximum atomic E-state index is 10.7. The first kappa shape index (κ1) is 11.3. The van der Waals surface area contributed by atoms with Crippen molar-refractivity contribution in [2.45, 2.75) is 0 Å². The third-order valence-corrected chi connectivity index (χ3v) is 2.06. The van der Waals surface area contributed by atoms with E-state index in [1.807, 2.05) is 4.72 Å². The maximum absolute atomic E-state index is 10.7. The minimum atomic E-state index is -3.91. The molecule has 0 saturated carbocycles. The molecule has 0 saturated heterocycles. The van der Waals surface area contributed by atoms with Gasteiger partial charge in [0.1, 0.15) is 0 Å². The molecule has 6 N–H and O–H groups in total. The van der Waals surface area contributed by atoms with Crippen molar-refractivity contribution in [1.82, 2.24) is 0 Å². The Balaban J connectivity index is 3.09. The van der Waals surface area contributed by atoms with Crippen LogP contribution >= 0.6 is 0 Å². The van der Waals surface area contributed by atoms with Crippen LogP contribution in [0.4, 0.5) is 11.4 Å². The molecule has 0 amide bonds. The van der Waals surface area contributed by atoms with Crippen LogP contribution < -0.4 is 15.6 Å². The first-order chi connectivity index (χ1) is 6.79. The Hall–Kier alpha value is -1.80. The zero-order valence-electron chi connectivity index (χ0n) is 7.47. The fourth-order valence-electron chi connectivity index (χ4n) is 0.942. The molecule has 1 rings (SSSR count). The van der Waals surface area contributed by atoms with Crippen LogP contribution in [0.25, 0.3) is 0 Å². The second kappa shape index (κ2) is 3.75.